The van der Waals surface area contributed by atoms with Gasteiger partial charge in [0.2, 0.25) is 6.79 Å². The number of ether oxygens (including phenoxy) is 2. The summed E-state index contributed by atoms with van der Waals surface area (Å²) in [6, 6.07) is 4.07. The van der Waals surface area contributed by atoms with E-state index >= 15 is 0 Å². The van der Waals surface area contributed by atoms with Crippen LogP contribution in [0.15, 0.2) is 17.7 Å². The maximum Gasteiger partial charge on any atom is 0.280 e. The molecule has 0 unspecified atom stereocenters. The van der Waals surface area contributed by atoms with Gasteiger partial charge in [-0.25, -0.2) is 0 Å². The van der Waals surface area contributed by atoms with Crippen molar-refractivity contribution in [1.29, 1.82) is 5.26 Å². The van der Waals surface area contributed by atoms with Crippen molar-refractivity contribution in [2.45, 2.75) is 0 Å². The summed E-state index contributed by atoms with van der Waals surface area (Å²) < 4.78 is 10.1. The van der Waals surface area contributed by atoms with Crippen molar-refractivity contribution >= 4 is 17.7 Å². The third-order valence-corrected chi connectivity index (χ3v) is 2.40. The zero-order valence-electron chi connectivity index (χ0n) is 9.45. The van der Waals surface area contributed by atoms with E-state index in [9.17, 15) is 14.9 Å². The molecule has 0 spiro atoms. The lowest BCUT2D eigenvalue weighted by atomic mass is 10.1. The van der Waals surface area contributed by atoms with Crippen LogP contribution in [0.1, 0.15) is 5.56 Å². The third-order valence-electron chi connectivity index (χ3n) is 2.40. The number of nitriles is 1. The Morgan fingerprint density at radius 2 is 2.11 bits per heavy atom. The molecule has 1 amide bonds. The van der Waals surface area contributed by atoms with Crippen LogP contribution in [0.25, 0.3) is 6.08 Å². The molecule has 1 aliphatic heterocycles. The number of rotatable bonds is 3. The first kappa shape index (κ1) is 12.4. The van der Waals surface area contributed by atoms with Gasteiger partial charge < -0.3 is 15.2 Å². The van der Waals surface area contributed by atoms with Gasteiger partial charge in [0.05, 0.1) is 16.6 Å². The van der Waals surface area contributed by atoms with Crippen LogP contribution in [0.3, 0.4) is 0 Å². The van der Waals surface area contributed by atoms with Crippen LogP contribution < -0.4 is 15.2 Å². The number of hydrogen-bond donors (Lipinski definition) is 1. The fourth-order valence-corrected chi connectivity index (χ4v) is 1.53. The Balaban J connectivity index is 2.59. The molecule has 0 radical (unpaired) electrons. The summed E-state index contributed by atoms with van der Waals surface area (Å²) in [6.45, 7) is -0.0411. The Labute approximate surface area is 106 Å². The van der Waals surface area contributed by atoms with Crippen LogP contribution in [0, 0.1) is 21.4 Å². The summed E-state index contributed by atoms with van der Waals surface area (Å²) in [6.07, 6.45) is 1.04. The van der Waals surface area contributed by atoms with Crippen LogP contribution in [-0.2, 0) is 4.79 Å². The number of carbonyl (C=O) groups excluding carboxylic acids is 1. The minimum Gasteiger partial charge on any atom is -0.454 e. The molecular formula is C11H7N3O5. The second-order valence-electron chi connectivity index (χ2n) is 3.56. The Hall–Kier alpha value is -3.08. The van der Waals surface area contributed by atoms with Gasteiger partial charge in [0.15, 0.2) is 11.5 Å². The predicted molar refractivity (Wildman–Crippen MR) is 62.0 cm³/mol. The van der Waals surface area contributed by atoms with Crippen LogP contribution in [-0.4, -0.2) is 17.6 Å². The van der Waals surface area contributed by atoms with Crippen molar-refractivity contribution in [3.05, 3.63) is 33.4 Å². The molecule has 96 valence electrons. The molecule has 2 rings (SSSR count). The molecule has 0 aliphatic carbocycles. The van der Waals surface area contributed by atoms with E-state index < -0.39 is 10.8 Å². The zero-order chi connectivity index (χ0) is 14.0. The molecule has 1 heterocycles. The topological polar surface area (TPSA) is 128 Å². The Kier molecular flexibility index (Phi) is 3.03. The molecule has 0 atom stereocenters. The van der Waals surface area contributed by atoms with Gasteiger partial charge in [-0.2, -0.15) is 5.26 Å². The van der Waals surface area contributed by atoms with E-state index in [1.165, 1.54) is 12.1 Å². The van der Waals surface area contributed by atoms with Crippen molar-refractivity contribution < 1.29 is 19.2 Å². The molecule has 0 fully saturated rings. The minimum atomic E-state index is -0.963. The summed E-state index contributed by atoms with van der Waals surface area (Å²) in [5.74, 6) is -0.422. The highest BCUT2D eigenvalue weighted by Gasteiger charge is 2.23. The molecule has 0 bridgehead atoms. The van der Waals surface area contributed by atoms with Crippen molar-refractivity contribution in [3.8, 4) is 17.6 Å². The molecule has 0 aromatic heterocycles. The fraction of sp³-hybridized carbons (Fsp3) is 0.0909. The van der Waals surface area contributed by atoms with Crippen molar-refractivity contribution in [3.63, 3.8) is 0 Å². The molecule has 1 aliphatic rings. The van der Waals surface area contributed by atoms with Crippen LogP contribution >= 0.6 is 0 Å². The number of fused-ring (bicyclic) bond motifs is 1. The predicted octanol–water partition coefficient (Wildman–Crippen LogP) is 0.716. The number of nitro groups is 1. The first-order chi connectivity index (χ1) is 9.02. The normalized spacial score (nSPS) is 12.9. The standard InChI is InChI=1S/C11H7N3O5/c12-4-7(11(13)15)1-6-2-9-10(19-5-18-9)3-8(6)14(16)17/h1-3H,5H2,(H2,13,15). The Bertz CT molecular complexity index is 644. The quantitative estimate of drug-likeness (QED) is 0.369. The number of primary amides is 1. The summed E-state index contributed by atoms with van der Waals surface area (Å²) >= 11 is 0. The Morgan fingerprint density at radius 3 is 2.63 bits per heavy atom. The monoisotopic (exact) mass is 261 g/mol. The molecule has 19 heavy (non-hydrogen) atoms. The summed E-state index contributed by atoms with van der Waals surface area (Å²) in [5, 5.41) is 19.7. The van der Waals surface area contributed by atoms with E-state index in [-0.39, 0.29) is 29.4 Å². The van der Waals surface area contributed by atoms with Crippen molar-refractivity contribution in [2.75, 3.05) is 6.79 Å². The highest BCUT2D eigenvalue weighted by Crippen LogP contribution is 2.38. The number of hydrogen-bond acceptors (Lipinski definition) is 6. The Morgan fingerprint density at radius 1 is 1.47 bits per heavy atom. The number of nitrogens with two attached hydrogens (primary N) is 1. The first-order valence-corrected chi connectivity index (χ1v) is 5.02. The van der Waals surface area contributed by atoms with Crippen molar-refractivity contribution in [1.82, 2.24) is 0 Å². The van der Waals surface area contributed by atoms with E-state index in [1.54, 1.807) is 6.07 Å². The number of carbonyl (C=O) groups is 1. The summed E-state index contributed by atoms with van der Waals surface area (Å²) in [7, 11) is 0. The molecular weight excluding hydrogens is 254 g/mol. The number of nitrogens with zero attached hydrogens (tertiary/aromatic N) is 2. The SMILES string of the molecule is N#CC(=Cc1cc2c(cc1[N+](=O)[O-])OCO2)C(N)=O. The highest BCUT2D eigenvalue weighted by molar-refractivity contribution is 6.01. The van der Waals surface area contributed by atoms with Crippen molar-refractivity contribution in [2.24, 2.45) is 5.73 Å². The minimum absolute atomic E-state index is 0.0411. The lowest BCUT2D eigenvalue weighted by Gasteiger charge is -2.01. The van der Waals surface area contributed by atoms with Gasteiger partial charge in [-0.3, -0.25) is 14.9 Å². The number of amides is 1. The largest absolute Gasteiger partial charge is 0.454 e. The number of nitro benzene ring substituents is 1. The van der Waals surface area contributed by atoms with Gasteiger partial charge in [0.1, 0.15) is 11.6 Å². The van der Waals surface area contributed by atoms with Crippen LogP contribution in [0.4, 0.5) is 5.69 Å². The van der Waals surface area contributed by atoms with Crippen LogP contribution in [0.2, 0.25) is 0 Å². The molecule has 2 N–H and O–H groups in total. The summed E-state index contributed by atoms with van der Waals surface area (Å²) in [5.41, 5.74) is 4.33. The molecule has 8 heteroatoms. The molecule has 0 saturated heterocycles. The number of benzene rings is 1. The lowest BCUT2D eigenvalue weighted by Crippen LogP contribution is -2.12. The smallest absolute Gasteiger partial charge is 0.280 e. The van der Waals surface area contributed by atoms with E-state index in [2.05, 4.69) is 0 Å². The average molecular weight is 261 g/mol. The lowest BCUT2D eigenvalue weighted by molar-refractivity contribution is -0.385. The second kappa shape index (κ2) is 4.66. The van der Waals surface area contributed by atoms with Gasteiger partial charge in [-0.1, -0.05) is 0 Å². The summed E-state index contributed by atoms with van der Waals surface area (Å²) in [4.78, 5) is 21.2. The highest BCUT2D eigenvalue weighted by atomic mass is 16.7. The molecule has 1 aromatic carbocycles. The molecule has 0 saturated carbocycles. The van der Waals surface area contributed by atoms with E-state index in [0.717, 1.165) is 6.08 Å². The van der Waals surface area contributed by atoms with Gasteiger partial charge in [-0.15, -0.1) is 0 Å². The van der Waals surface area contributed by atoms with Gasteiger partial charge in [-0.05, 0) is 12.1 Å². The first-order valence-electron chi connectivity index (χ1n) is 5.02. The van der Waals surface area contributed by atoms with Gasteiger partial charge in [0.25, 0.3) is 11.6 Å². The maximum absolute atomic E-state index is 11.0. The van der Waals surface area contributed by atoms with E-state index in [4.69, 9.17) is 20.5 Å². The maximum atomic E-state index is 11.0. The fourth-order valence-electron chi connectivity index (χ4n) is 1.53. The molecule has 1 aromatic rings. The second-order valence-corrected chi connectivity index (χ2v) is 3.56. The average Bonchev–Trinajstić information content (AvgIpc) is 2.81. The van der Waals surface area contributed by atoms with E-state index in [1.807, 2.05) is 0 Å². The van der Waals surface area contributed by atoms with Gasteiger partial charge >= 0.3 is 0 Å². The zero-order valence-corrected chi connectivity index (χ0v) is 9.45. The molecule has 8 nitrogen and oxygen atoms in total. The third kappa shape index (κ3) is 2.30. The van der Waals surface area contributed by atoms with Crippen LogP contribution in [0.5, 0.6) is 11.5 Å². The van der Waals surface area contributed by atoms with Gasteiger partial charge in [0, 0.05) is 0 Å². The van der Waals surface area contributed by atoms with E-state index in [0.29, 0.717) is 5.75 Å².